The molecule has 2 aromatic rings. The van der Waals surface area contributed by atoms with Gasteiger partial charge in [-0.15, -0.1) is 0 Å². The molecule has 3 heteroatoms. The van der Waals surface area contributed by atoms with E-state index in [4.69, 9.17) is 3.07 Å². The van der Waals surface area contributed by atoms with Crippen molar-refractivity contribution in [1.29, 1.82) is 0 Å². The van der Waals surface area contributed by atoms with Gasteiger partial charge in [0.05, 0.1) is 0 Å². The van der Waals surface area contributed by atoms with Gasteiger partial charge in [0.1, 0.15) is 0 Å². The van der Waals surface area contributed by atoms with E-state index >= 15 is 0 Å². The van der Waals surface area contributed by atoms with Crippen molar-refractivity contribution in [2.75, 3.05) is 0 Å². The van der Waals surface area contributed by atoms with E-state index < -0.39 is 21.6 Å². The van der Waals surface area contributed by atoms with Crippen LogP contribution in [0.1, 0.15) is 35.7 Å². The molecular formula is C17H18O2Sn. The van der Waals surface area contributed by atoms with Gasteiger partial charge in [0.15, 0.2) is 0 Å². The molecule has 0 unspecified atom stereocenters. The zero-order chi connectivity index (χ0) is 14.2. The molecule has 2 aromatic carbocycles. The Hall–Kier alpha value is -1.29. The van der Waals surface area contributed by atoms with E-state index in [1.807, 2.05) is 54.6 Å². The van der Waals surface area contributed by atoms with Crippen LogP contribution in [0, 0.1) is 0 Å². The molecule has 2 nitrogen and oxygen atoms in total. The van der Waals surface area contributed by atoms with E-state index in [1.54, 1.807) is 0 Å². The fourth-order valence-corrected chi connectivity index (χ4v) is 4.39. The van der Waals surface area contributed by atoms with Crippen LogP contribution in [-0.4, -0.2) is 27.3 Å². The molecule has 102 valence electrons. The van der Waals surface area contributed by atoms with Gasteiger partial charge in [-0.3, -0.25) is 0 Å². The number of hydrogen-bond donors (Lipinski definition) is 0. The molecule has 0 aromatic heterocycles. The van der Waals surface area contributed by atoms with Gasteiger partial charge in [-0.25, -0.2) is 0 Å². The molecule has 2 radical (unpaired) electrons. The van der Waals surface area contributed by atoms with E-state index in [-0.39, 0.29) is 5.78 Å². The van der Waals surface area contributed by atoms with Crippen LogP contribution in [0.15, 0.2) is 54.6 Å². The van der Waals surface area contributed by atoms with Crippen molar-refractivity contribution in [2.24, 2.45) is 0 Å². The summed E-state index contributed by atoms with van der Waals surface area (Å²) in [4.78, 5) is 12.2. The first-order valence-electron chi connectivity index (χ1n) is 6.91. The summed E-state index contributed by atoms with van der Waals surface area (Å²) in [5, 5.41) is 0. The zero-order valence-corrected chi connectivity index (χ0v) is 14.5. The molecule has 0 saturated heterocycles. The predicted molar refractivity (Wildman–Crippen MR) is 82.4 cm³/mol. The second-order valence-electron chi connectivity index (χ2n) is 4.57. The van der Waals surface area contributed by atoms with Gasteiger partial charge in [-0.2, -0.15) is 0 Å². The molecule has 0 aliphatic heterocycles. The molecular weight excluding hydrogens is 355 g/mol. The van der Waals surface area contributed by atoms with E-state index in [0.717, 1.165) is 11.3 Å². The summed E-state index contributed by atoms with van der Waals surface area (Å²) in [6, 6.07) is 16.9. The average Bonchev–Trinajstić information content (AvgIpc) is 2.52. The van der Waals surface area contributed by atoms with Crippen LogP contribution in [0.2, 0.25) is 4.44 Å². The van der Waals surface area contributed by atoms with Gasteiger partial charge in [-0.05, 0) is 0 Å². The molecule has 0 heterocycles. The van der Waals surface area contributed by atoms with Gasteiger partial charge < -0.3 is 0 Å². The number of hydrogen-bond acceptors (Lipinski definition) is 2. The standard InChI is InChI=1S/C13H10O2.C4H9.Sn/c14-12-8-6-11(7-9-12)13(15)10-4-2-1-3-5-10;1-3-4-2;/h1-9,14H;1,3-4H2,2H3;/q;;+1/p-1. The predicted octanol–water partition coefficient (Wildman–Crippen LogP) is 4.13. The Bertz CT molecular complexity index is 535. The first-order chi connectivity index (χ1) is 9.81. The fourth-order valence-electron chi connectivity index (χ4n) is 1.81. The van der Waals surface area contributed by atoms with Crippen molar-refractivity contribution in [3.05, 3.63) is 65.7 Å². The van der Waals surface area contributed by atoms with Crippen LogP contribution in [0.25, 0.3) is 0 Å². The number of rotatable bonds is 7. The molecule has 0 atom stereocenters. The second kappa shape index (κ2) is 8.10. The first-order valence-corrected chi connectivity index (χ1v) is 10.1. The summed E-state index contributed by atoms with van der Waals surface area (Å²) in [6.45, 7) is 2.20. The minimum atomic E-state index is -0.734. The normalized spacial score (nSPS) is 10.2. The molecule has 0 saturated carbocycles. The summed E-state index contributed by atoms with van der Waals surface area (Å²) in [5.41, 5.74) is 1.43. The molecule has 0 bridgehead atoms. The Morgan fingerprint density at radius 1 is 1.00 bits per heavy atom. The van der Waals surface area contributed by atoms with Crippen molar-refractivity contribution < 1.29 is 7.87 Å². The Labute approximate surface area is 130 Å². The Morgan fingerprint density at radius 3 is 2.30 bits per heavy atom. The average molecular weight is 373 g/mol. The van der Waals surface area contributed by atoms with Crippen molar-refractivity contribution in [1.82, 2.24) is 0 Å². The van der Waals surface area contributed by atoms with Crippen molar-refractivity contribution in [2.45, 2.75) is 24.2 Å². The van der Waals surface area contributed by atoms with Crippen LogP contribution >= 0.6 is 0 Å². The molecule has 0 fully saturated rings. The maximum atomic E-state index is 12.2. The van der Waals surface area contributed by atoms with E-state index in [0.29, 0.717) is 5.56 Å². The van der Waals surface area contributed by atoms with Gasteiger partial charge in [-0.1, -0.05) is 0 Å². The SMILES string of the molecule is CCC[CH2][Sn][O]c1ccc(C(=O)c2ccccc2)cc1. The Balaban J connectivity index is 1.96. The second-order valence-corrected chi connectivity index (χ2v) is 7.40. The number of ketones is 1. The van der Waals surface area contributed by atoms with Crippen molar-refractivity contribution in [3.8, 4) is 5.75 Å². The summed E-state index contributed by atoms with van der Waals surface area (Å²) in [7, 11) is 0. The molecule has 0 N–H and O–H groups in total. The van der Waals surface area contributed by atoms with Crippen LogP contribution in [0.4, 0.5) is 0 Å². The first kappa shape index (κ1) is 15.1. The summed E-state index contributed by atoms with van der Waals surface area (Å²) < 4.78 is 7.05. The van der Waals surface area contributed by atoms with E-state index in [9.17, 15) is 4.79 Å². The van der Waals surface area contributed by atoms with Gasteiger partial charge >= 0.3 is 131 Å². The topological polar surface area (TPSA) is 26.3 Å². The fraction of sp³-hybridized carbons (Fsp3) is 0.235. The van der Waals surface area contributed by atoms with Crippen LogP contribution in [0.3, 0.4) is 0 Å². The van der Waals surface area contributed by atoms with Crippen LogP contribution in [-0.2, 0) is 0 Å². The Kier molecular flexibility index (Phi) is 6.12. The van der Waals surface area contributed by atoms with Crippen LogP contribution in [0.5, 0.6) is 5.75 Å². The van der Waals surface area contributed by atoms with E-state index in [1.165, 1.54) is 17.3 Å². The number of unbranched alkanes of at least 4 members (excludes halogenated alkanes) is 1. The van der Waals surface area contributed by atoms with E-state index in [2.05, 4.69) is 6.92 Å². The molecule has 0 aliphatic rings. The summed E-state index contributed by atoms with van der Waals surface area (Å²) >= 11 is -0.734. The Morgan fingerprint density at radius 2 is 1.65 bits per heavy atom. The number of carbonyl (C=O) groups excluding carboxylic acids is 1. The van der Waals surface area contributed by atoms with Crippen molar-refractivity contribution >= 4 is 27.3 Å². The number of benzene rings is 2. The molecule has 20 heavy (non-hydrogen) atoms. The molecule has 0 amide bonds. The zero-order valence-electron chi connectivity index (χ0n) is 11.6. The quantitative estimate of drug-likeness (QED) is 0.415. The number of carbonyl (C=O) groups is 1. The van der Waals surface area contributed by atoms with Gasteiger partial charge in [0.25, 0.3) is 0 Å². The van der Waals surface area contributed by atoms with Gasteiger partial charge in [0.2, 0.25) is 0 Å². The molecule has 0 spiro atoms. The van der Waals surface area contributed by atoms with Crippen molar-refractivity contribution in [3.63, 3.8) is 0 Å². The minimum absolute atomic E-state index is 0.0584. The third kappa shape index (κ3) is 4.37. The summed E-state index contributed by atoms with van der Waals surface area (Å²) in [5.74, 6) is 0.959. The monoisotopic (exact) mass is 374 g/mol. The molecule has 2 rings (SSSR count). The van der Waals surface area contributed by atoms with Crippen LogP contribution < -0.4 is 3.07 Å². The third-order valence-corrected chi connectivity index (χ3v) is 5.65. The molecule has 0 aliphatic carbocycles. The maximum absolute atomic E-state index is 12.2. The third-order valence-electron chi connectivity index (χ3n) is 2.97. The van der Waals surface area contributed by atoms with Gasteiger partial charge in [0, 0.05) is 0 Å². The summed E-state index contributed by atoms with van der Waals surface area (Å²) in [6.07, 6.45) is 2.49.